The van der Waals surface area contributed by atoms with E-state index in [0.29, 0.717) is 29.6 Å². The summed E-state index contributed by atoms with van der Waals surface area (Å²) in [6.45, 7) is 4.41. The highest BCUT2D eigenvalue weighted by Crippen LogP contribution is 2.23. The molecule has 0 fully saturated rings. The van der Waals surface area contributed by atoms with Crippen molar-refractivity contribution in [3.05, 3.63) is 78.1 Å². The topological polar surface area (TPSA) is 63.8 Å². The van der Waals surface area contributed by atoms with Gasteiger partial charge in [-0.3, -0.25) is 5.43 Å². The number of anilines is 1. The Labute approximate surface area is 158 Å². The van der Waals surface area contributed by atoms with Gasteiger partial charge in [-0.15, -0.1) is 0 Å². The standard InChI is InChI=1S/C22H22N2O3/c1-16(2)15-26-22(25)18-8-6-7-17(13-18)21-12-11-20(27-21)14-23-24-19-9-4-3-5-10-19/h3-14,16,24H,15H2,1-2H3/b23-14+. The van der Waals surface area contributed by atoms with E-state index in [1.807, 2.05) is 68.4 Å². The number of hydrazone groups is 1. The molecule has 0 atom stereocenters. The molecule has 138 valence electrons. The van der Waals surface area contributed by atoms with Crippen LogP contribution in [0, 0.1) is 5.92 Å². The van der Waals surface area contributed by atoms with Crippen LogP contribution < -0.4 is 5.43 Å². The fraction of sp³-hybridized carbons (Fsp3) is 0.182. The van der Waals surface area contributed by atoms with Crippen molar-refractivity contribution in [2.24, 2.45) is 11.0 Å². The normalized spacial score (nSPS) is 11.1. The number of nitrogens with zero attached hydrogens (tertiary/aromatic N) is 1. The van der Waals surface area contributed by atoms with Crippen molar-refractivity contribution in [3.8, 4) is 11.3 Å². The van der Waals surface area contributed by atoms with Crippen molar-refractivity contribution in [2.75, 3.05) is 12.0 Å². The minimum Gasteiger partial charge on any atom is -0.462 e. The quantitative estimate of drug-likeness (QED) is 0.356. The first kappa shape index (κ1) is 18.5. The maximum atomic E-state index is 12.1. The lowest BCUT2D eigenvalue weighted by molar-refractivity contribution is 0.0459. The van der Waals surface area contributed by atoms with E-state index >= 15 is 0 Å². The average molecular weight is 362 g/mol. The molecule has 0 amide bonds. The molecule has 0 aliphatic rings. The van der Waals surface area contributed by atoms with Crippen LogP contribution in [0.15, 0.2) is 76.2 Å². The lowest BCUT2D eigenvalue weighted by Gasteiger charge is -2.07. The second kappa shape index (κ2) is 8.85. The Balaban J connectivity index is 1.67. The Hall–Kier alpha value is -3.34. The van der Waals surface area contributed by atoms with Crippen molar-refractivity contribution >= 4 is 17.9 Å². The molecular formula is C22H22N2O3. The maximum Gasteiger partial charge on any atom is 0.338 e. The minimum absolute atomic E-state index is 0.300. The van der Waals surface area contributed by atoms with Crippen LogP contribution in [0.3, 0.4) is 0 Å². The van der Waals surface area contributed by atoms with E-state index in [1.165, 1.54) is 0 Å². The van der Waals surface area contributed by atoms with E-state index in [2.05, 4.69) is 10.5 Å². The van der Waals surface area contributed by atoms with Crippen molar-refractivity contribution in [2.45, 2.75) is 13.8 Å². The number of esters is 1. The molecule has 5 nitrogen and oxygen atoms in total. The van der Waals surface area contributed by atoms with Crippen LogP contribution in [-0.2, 0) is 4.74 Å². The summed E-state index contributed by atoms with van der Waals surface area (Å²) in [5.74, 6) is 1.25. The van der Waals surface area contributed by atoms with Crippen LogP contribution in [0.25, 0.3) is 11.3 Å². The second-order valence-corrected chi connectivity index (χ2v) is 6.51. The molecule has 3 rings (SSSR count). The van der Waals surface area contributed by atoms with Gasteiger partial charge in [0.2, 0.25) is 0 Å². The number of benzene rings is 2. The molecule has 0 saturated carbocycles. The fourth-order valence-corrected chi connectivity index (χ4v) is 2.39. The molecular weight excluding hydrogens is 340 g/mol. The Bertz CT molecular complexity index is 914. The Morgan fingerprint density at radius 2 is 1.93 bits per heavy atom. The first-order valence-electron chi connectivity index (χ1n) is 8.83. The van der Waals surface area contributed by atoms with Gasteiger partial charge in [0, 0.05) is 5.56 Å². The van der Waals surface area contributed by atoms with E-state index in [4.69, 9.17) is 9.15 Å². The van der Waals surface area contributed by atoms with E-state index in [9.17, 15) is 4.79 Å². The van der Waals surface area contributed by atoms with Gasteiger partial charge in [-0.2, -0.15) is 5.10 Å². The van der Waals surface area contributed by atoms with Gasteiger partial charge >= 0.3 is 5.97 Å². The highest BCUT2D eigenvalue weighted by Gasteiger charge is 2.11. The largest absolute Gasteiger partial charge is 0.462 e. The molecule has 0 saturated heterocycles. The van der Waals surface area contributed by atoms with Crippen molar-refractivity contribution < 1.29 is 13.9 Å². The van der Waals surface area contributed by atoms with Crippen LogP contribution in [0.5, 0.6) is 0 Å². The molecule has 1 aromatic heterocycles. The van der Waals surface area contributed by atoms with Crippen LogP contribution in [-0.4, -0.2) is 18.8 Å². The molecule has 0 bridgehead atoms. The number of rotatable bonds is 7. The minimum atomic E-state index is -0.328. The fourth-order valence-electron chi connectivity index (χ4n) is 2.39. The third-order valence-corrected chi connectivity index (χ3v) is 3.72. The molecule has 3 aromatic rings. The van der Waals surface area contributed by atoms with Gasteiger partial charge in [-0.05, 0) is 42.3 Å². The zero-order chi connectivity index (χ0) is 19.1. The Morgan fingerprint density at radius 1 is 1.11 bits per heavy atom. The second-order valence-electron chi connectivity index (χ2n) is 6.51. The first-order chi connectivity index (χ1) is 13.1. The molecule has 1 N–H and O–H groups in total. The molecule has 2 aromatic carbocycles. The molecule has 0 aliphatic carbocycles. The molecule has 1 heterocycles. The number of para-hydroxylation sites is 1. The summed E-state index contributed by atoms with van der Waals surface area (Å²) in [7, 11) is 0. The first-order valence-corrected chi connectivity index (χ1v) is 8.83. The zero-order valence-electron chi connectivity index (χ0n) is 15.4. The van der Waals surface area contributed by atoms with Gasteiger partial charge in [0.1, 0.15) is 11.5 Å². The number of hydrogen-bond donors (Lipinski definition) is 1. The van der Waals surface area contributed by atoms with E-state index < -0.39 is 0 Å². The summed E-state index contributed by atoms with van der Waals surface area (Å²) in [6, 6.07) is 20.5. The summed E-state index contributed by atoms with van der Waals surface area (Å²) < 4.78 is 11.1. The SMILES string of the molecule is CC(C)COC(=O)c1cccc(-c2ccc(/C=N/Nc3ccccc3)o2)c1. The van der Waals surface area contributed by atoms with Gasteiger partial charge in [0.25, 0.3) is 0 Å². The van der Waals surface area contributed by atoms with Crippen LogP contribution in [0.2, 0.25) is 0 Å². The molecule has 0 aliphatic heterocycles. The van der Waals surface area contributed by atoms with E-state index in [-0.39, 0.29) is 5.97 Å². The van der Waals surface area contributed by atoms with Crippen LogP contribution in [0.4, 0.5) is 5.69 Å². The van der Waals surface area contributed by atoms with Gasteiger partial charge in [0.15, 0.2) is 0 Å². The third kappa shape index (κ3) is 5.31. The molecule has 27 heavy (non-hydrogen) atoms. The predicted molar refractivity (Wildman–Crippen MR) is 107 cm³/mol. The molecule has 0 unspecified atom stereocenters. The predicted octanol–water partition coefficient (Wildman–Crippen LogP) is 5.21. The van der Waals surface area contributed by atoms with Gasteiger partial charge in [-0.25, -0.2) is 4.79 Å². The summed E-state index contributed by atoms with van der Waals surface area (Å²) in [5.41, 5.74) is 5.15. The monoisotopic (exact) mass is 362 g/mol. The number of ether oxygens (including phenoxy) is 1. The number of hydrogen-bond acceptors (Lipinski definition) is 5. The highest BCUT2D eigenvalue weighted by molar-refractivity contribution is 5.91. The average Bonchev–Trinajstić information content (AvgIpc) is 3.16. The van der Waals surface area contributed by atoms with Crippen molar-refractivity contribution in [1.29, 1.82) is 0 Å². The smallest absolute Gasteiger partial charge is 0.338 e. The highest BCUT2D eigenvalue weighted by atomic mass is 16.5. The molecule has 5 heteroatoms. The van der Waals surface area contributed by atoms with Gasteiger partial charge in [-0.1, -0.05) is 44.2 Å². The summed E-state index contributed by atoms with van der Waals surface area (Å²) in [4.78, 5) is 12.1. The Kier molecular flexibility index (Phi) is 6.05. The summed E-state index contributed by atoms with van der Waals surface area (Å²) in [5, 5.41) is 4.16. The van der Waals surface area contributed by atoms with E-state index in [0.717, 1.165) is 11.3 Å². The zero-order valence-corrected chi connectivity index (χ0v) is 15.4. The molecule has 0 radical (unpaired) electrons. The van der Waals surface area contributed by atoms with Crippen LogP contribution in [0.1, 0.15) is 30.0 Å². The van der Waals surface area contributed by atoms with Gasteiger partial charge in [0.05, 0.1) is 24.1 Å². The number of nitrogens with one attached hydrogen (secondary N) is 1. The number of carbonyl (C=O) groups is 1. The van der Waals surface area contributed by atoms with Crippen molar-refractivity contribution in [3.63, 3.8) is 0 Å². The summed E-state index contributed by atoms with van der Waals surface area (Å²) >= 11 is 0. The van der Waals surface area contributed by atoms with Crippen molar-refractivity contribution in [1.82, 2.24) is 0 Å². The lowest BCUT2D eigenvalue weighted by atomic mass is 10.1. The third-order valence-electron chi connectivity index (χ3n) is 3.72. The summed E-state index contributed by atoms with van der Waals surface area (Å²) in [6.07, 6.45) is 1.61. The lowest BCUT2D eigenvalue weighted by Crippen LogP contribution is -2.10. The maximum absolute atomic E-state index is 12.1. The van der Waals surface area contributed by atoms with Crippen LogP contribution >= 0.6 is 0 Å². The Morgan fingerprint density at radius 3 is 2.70 bits per heavy atom. The van der Waals surface area contributed by atoms with E-state index in [1.54, 1.807) is 18.3 Å². The molecule has 0 spiro atoms. The number of furan rings is 1. The number of carbonyl (C=O) groups excluding carboxylic acids is 1. The van der Waals surface area contributed by atoms with Gasteiger partial charge < -0.3 is 9.15 Å².